The van der Waals surface area contributed by atoms with Crippen LogP contribution in [0.25, 0.3) is 0 Å². The summed E-state index contributed by atoms with van der Waals surface area (Å²) in [5.41, 5.74) is 10.8. The smallest absolute Gasteiger partial charge is 0.333 e. The average molecular weight is 468 g/mol. The average Bonchev–Trinajstić information content (AvgIpc) is 2.82. The number of pyridine rings is 1. The summed E-state index contributed by atoms with van der Waals surface area (Å²) in [6, 6.07) is 16.4. The molecule has 7 nitrogen and oxygen atoms in total. The number of nitrogens with zero attached hydrogens (tertiary/aromatic N) is 1. The molecule has 1 heterocycles. The van der Waals surface area contributed by atoms with Crippen LogP contribution in [0.3, 0.4) is 0 Å². The van der Waals surface area contributed by atoms with Crippen molar-refractivity contribution in [2.45, 2.75) is 32.9 Å². The van der Waals surface area contributed by atoms with Crippen LogP contribution in [0.15, 0.2) is 67.0 Å². The van der Waals surface area contributed by atoms with Gasteiger partial charge in [0.25, 0.3) is 0 Å². The first-order chi connectivity index (χ1) is 15.5. The first kappa shape index (κ1) is 25.7. The Morgan fingerprint density at radius 3 is 2.45 bits per heavy atom. The van der Waals surface area contributed by atoms with E-state index >= 15 is 0 Å². The predicted molar refractivity (Wildman–Crippen MR) is 135 cm³/mol. The summed E-state index contributed by atoms with van der Waals surface area (Å²) in [7, 11) is 0. The lowest BCUT2D eigenvalue weighted by atomic mass is 10.0. The van der Waals surface area contributed by atoms with Gasteiger partial charge in [0.05, 0.1) is 6.61 Å². The van der Waals surface area contributed by atoms with Gasteiger partial charge in [0.15, 0.2) is 6.04 Å². The Labute approximate surface area is 200 Å². The molecule has 0 spiro atoms. The number of carbonyl (C=O) groups excluding carboxylic acids is 1. The van der Waals surface area contributed by atoms with Gasteiger partial charge in [-0.15, -0.1) is 12.4 Å². The molecule has 2 aromatic carbocycles. The van der Waals surface area contributed by atoms with Crippen molar-refractivity contribution in [1.29, 1.82) is 5.41 Å². The minimum atomic E-state index is -0.677. The molecule has 1 atom stereocenters. The van der Waals surface area contributed by atoms with Gasteiger partial charge in [-0.3, -0.25) is 10.4 Å². The lowest BCUT2D eigenvalue weighted by molar-refractivity contribution is -0.144. The standard InChI is InChI=1S/C25H29N5O2.ClH/c1-3-17-12-20(14-22(13-17)29-16-18-6-5-11-28-15-18)23(25(31)32-4-2)30-21-9-7-19(8-10-21)24(26)27;/h5-15,23,29-30H,3-4,16H2,1-2H3,(H3,26,27);1H. The van der Waals surface area contributed by atoms with E-state index < -0.39 is 6.04 Å². The molecule has 174 valence electrons. The lowest BCUT2D eigenvalue weighted by Crippen LogP contribution is -2.24. The molecule has 0 radical (unpaired) electrons. The fourth-order valence-corrected chi connectivity index (χ4v) is 3.31. The molecule has 3 aromatic rings. The maximum atomic E-state index is 12.8. The summed E-state index contributed by atoms with van der Waals surface area (Å²) in [4.78, 5) is 17.0. The van der Waals surface area contributed by atoms with Crippen LogP contribution in [0, 0.1) is 5.41 Å². The largest absolute Gasteiger partial charge is 0.464 e. The third-order valence-electron chi connectivity index (χ3n) is 5.01. The number of hydrogen-bond acceptors (Lipinski definition) is 6. The first-order valence-corrected chi connectivity index (χ1v) is 10.6. The van der Waals surface area contributed by atoms with E-state index in [2.05, 4.69) is 28.6 Å². The SMILES string of the molecule is CCOC(=O)C(Nc1ccc(C(=N)N)cc1)c1cc(CC)cc(NCc2cccnc2)c1.Cl. The molecule has 0 saturated carbocycles. The molecule has 5 N–H and O–H groups in total. The first-order valence-electron chi connectivity index (χ1n) is 10.6. The van der Waals surface area contributed by atoms with Crippen LogP contribution in [0.5, 0.6) is 0 Å². The van der Waals surface area contributed by atoms with Crippen LogP contribution in [-0.2, 0) is 22.5 Å². The van der Waals surface area contributed by atoms with Crippen LogP contribution in [-0.4, -0.2) is 23.4 Å². The van der Waals surface area contributed by atoms with Crippen molar-refractivity contribution in [3.8, 4) is 0 Å². The van der Waals surface area contributed by atoms with E-state index in [1.54, 1.807) is 37.4 Å². The van der Waals surface area contributed by atoms with Crippen molar-refractivity contribution in [2.75, 3.05) is 17.2 Å². The number of aryl methyl sites for hydroxylation is 1. The summed E-state index contributed by atoms with van der Waals surface area (Å²) in [6.07, 6.45) is 4.40. The molecule has 1 unspecified atom stereocenters. The van der Waals surface area contributed by atoms with Crippen molar-refractivity contribution < 1.29 is 9.53 Å². The van der Waals surface area contributed by atoms with Gasteiger partial charge in [0.1, 0.15) is 5.84 Å². The number of aromatic nitrogens is 1. The Morgan fingerprint density at radius 1 is 1.09 bits per heavy atom. The predicted octanol–water partition coefficient (Wildman–Crippen LogP) is 4.68. The number of nitrogens with two attached hydrogens (primary N) is 1. The second-order valence-electron chi connectivity index (χ2n) is 7.35. The summed E-state index contributed by atoms with van der Waals surface area (Å²) >= 11 is 0. The van der Waals surface area contributed by atoms with Crippen LogP contribution in [0.4, 0.5) is 11.4 Å². The number of ether oxygens (including phenoxy) is 1. The van der Waals surface area contributed by atoms with Gasteiger partial charge in [-0.2, -0.15) is 0 Å². The molecule has 0 fully saturated rings. The second kappa shape index (κ2) is 12.5. The van der Waals surface area contributed by atoms with E-state index in [0.717, 1.165) is 34.5 Å². The Hall–Kier alpha value is -3.58. The number of halogens is 1. The fraction of sp³-hybridized carbons (Fsp3) is 0.240. The van der Waals surface area contributed by atoms with E-state index in [1.165, 1.54) is 0 Å². The summed E-state index contributed by atoms with van der Waals surface area (Å²) in [5, 5.41) is 14.3. The third-order valence-corrected chi connectivity index (χ3v) is 5.01. The van der Waals surface area contributed by atoms with E-state index in [1.807, 2.05) is 30.5 Å². The van der Waals surface area contributed by atoms with E-state index in [9.17, 15) is 4.79 Å². The Bertz CT molecular complexity index is 1060. The topological polar surface area (TPSA) is 113 Å². The molecule has 3 rings (SSSR count). The number of nitrogen functional groups attached to an aromatic ring is 1. The molecular formula is C25H30ClN5O2. The lowest BCUT2D eigenvalue weighted by Gasteiger charge is -2.21. The number of esters is 1. The zero-order chi connectivity index (χ0) is 22.9. The minimum Gasteiger partial charge on any atom is -0.464 e. The van der Waals surface area contributed by atoms with Crippen molar-refractivity contribution in [3.63, 3.8) is 0 Å². The Balaban J connectivity index is 0.00000385. The van der Waals surface area contributed by atoms with Gasteiger partial charge in [-0.1, -0.05) is 19.1 Å². The quantitative estimate of drug-likeness (QED) is 0.195. The number of benzene rings is 2. The number of amidine groups is 1. The second-order valence-corrected chi connectivity index (χ2v) is 7.35. The van der Waals surface area contributed by atoms with Crippen LogP contribution < -0.4 is 16.4 Å². The van der Waals surface area contributed by atoms with Gasteiger partial charge < -0.3 is 21.1 Å². The highest BCUT2D eigenvalue weighted by Crippen LogP contribution is 2.26. The molecule has 1 aromatic heterocycles. The van der Waals surface area contributed by atoms with Crippen LogP contribution in [0.1, 0.15) is 42.1 Å². The molecular weight excluding hydrogens is 438 g/mol. The normalized spacial score (nSPS) is 11.1. The molecule has 0 aliphatic heterocycles. The maximum Gasteiger partial charge on any atom is 0.333 e. The molecule has 0 saturated heterocycles. The summed E-state index contributed by atoms with van der Waals surface area (Å²) in [6.45, 7) is 4.79. The molecule has 0 aliphatic rings. The summed E-state index contributed by atoms with van der Waals surface area (Å²) in [5.74, 6) is -0.354. The number of nitrogens with one attached hydrogen (secondary N) is 3. The number of anilines is 2. The minimum absolute atomic E-state index is 0. The number of rotatable bonds is 10. The van der Waals surface area contributed by atoms with Gasteiger partial charge >= 0.3 is 5.97 Å². The van der Waals surface area contributed by atoms with Crippen molar-refractivity contribution >= 4 is 35.6 Å². The Morgan fingerprint density at radius 2 is 1.85 bits per heavy atom. The monoisotopic (exact) mass is 467 g/mol. The number of carbonyl (C=O) groups is 1. The van der Waals surface area contributed by atoms with Crippen molar-refractivity contribution in [1.82, 2.24) is 4.98 Å². The van der Waals surface area contributed by atoms with E-state index in [4.69, 9.17) is 15.9 Å². The zero-order valence-corrected chi connectivity index (χ0v) is 19.6. The molecule has 0 amide bonds. The van der Waals surface area contributed by atoms with E-state index in [0.29, 0.717) is 18.7 Å². The fourth-order valence-electron chi connectivity index (χ4n) is 3.31. The third kappa shape index (κ3) is 7.22. The van der Waals surface area contributed by atoms with Crippen LogP contribution in [0.2, 0.25) is 0 Å². The Kier molecular flexibility index (Phi) is 9.69. The van der Waals surface area contributed by atoms with Crippen molar-refractivity contribution in [3.05, 3.63) is 89.2 Å². The van der Waals surface area contributed by atoms with Crippen LogP contribution >= 0.6 is 12.4 Å². The van der Waals surface area contributed by atoms with Gasteiger partial charge in [0, 0.05) is 35.9 Å². The highest BCUT2D eigenvalue weighted by molar-refractivity contribution is 5.95. The number of hydrogen-bond donors (Lipinski definition) is 4. The van der Waals surface area contributed by atoms with E-state index in [-0.39, 0.29) is 24.2 Å². The highest BCUT2D eigenvalue weighted by atomic mass is 35.5. The maximum absolute atomic E-state index is 12.8. The zero-order valence-electron chi connectivity index (χ0n) is 18.8. The molecule has 33 heavy (non-hydrogen) atoms. The molecule has 0 aliphatic carbocycles. The highest BCUT2D eigenvalue weighted by Gasteiger charge is 2.23. The van der Waals surface area contributed by atoms with Gasteiger partial charge in [0.2, 0.25) is 0 Å². The van der Waals surface area contributed by atoms with Gasteiger partial charge in [-0.25, -0.2) is 4.79 Å². The molecule has 8 heteroatoms. The molecule has 0 bridgehead atoms. The van der Waals surface area contributed by atoms with Gasteiger partial charge in [-0.05, 0) is 72.5 Å². The van der Waals surface area contributed by atoms with Crippen molar-refractivity contribution in [2.24, 2.45) is 5.73 Å². The summed E-state index contributed by atoms with van der Waals surface area (Å²) < 4.78 is 5.35.